The van der Waals surface area contributed by atoms with Crippen molar-refractivity contribution in [3.05, 3.63) is 24.0 Å². The molecule has 0 N–H and O–H groups in total. The van der Waals surface area contributed by atoms with Gasteiger partial charge in [0.15, 0.2) is 0 Å². The summed E-state index contributed by atoms with van der Waals surface area (Å²) in [4.78, 5) is 7.75. The van der Waals surface area contributed by atoms with Crippen LogP contribution in [0.2, 0.25) is 0 Å². The highest BCUT2D eigenvalue weighted by Crippen LogP contribution is 2.25. The van der Waals surface area contributed by atoms with Crippen molar-refractivity contribution in [2.45, 2.75) is 63.4 Å². The molecular formula is C22H34N4O3S. The molecule has 0 bridgehead atoms. The number of aromatic nitrogens is 2. The number of aryl methyl sites for hydroxylation is 1. The summed E-state index contributed by atoms with van der Waals surface area (Å²) in [6, 6.07) is 5.42. The molecule has 2 aliphatic heterocycles. The highest BCUT2D eigenvalue weighted by Gasteiger charge is 2.27. The van der Waals surface area contributed by atoms with Crippen molar-refractivity contribution in [3.8, 4) is 0 Å². The number of sulfonamides is 1. The van der Waals surface area contributed by atoms with Crippen LogP contribution in [0, 0.1) is 0 Å². The summed E-state index contributed by atoms with van der Waals surface area (Å²) in [6.45, 7) is 7.85. The first-order chi connectivity index (χ1) is 14.6. The molecule has 1 aromatic heterocycles. The van der Waals surface area contributed by atoms with Crippen LogP contribution >= 0.6 is 0 Å². The van der Waals surface area contributed by atoms with Crippen LogP contribution in [-0.4, -0.2) is 66.6 Å². The Morgan fingerprint density at radius 2 is 1.70 bits per heavy atom. The van der Waals surface area contributed by atoms with Gasteiger partial charge in [-0.15, -0.1) is 0 Å². The fraction of sp³-hybridized carbons (Fsp3) is 0.682. The van der Waals surface area contributed by atoms with Gasteiger partial charge in [-0.05, 0) is 50.6 Å². The van der Waals surface area contributed by atoms with E-state index in [0.29, 0.717) is 31.2 Å². The van der Waals surface area contributed by atoms with Crippen molar-refractivity contribution in [1.82, 2.24) is 18.8 Å². The van der Waals surface area contributed by atoms with Gasteiger partial charge < -0.3 is 9.30 Å². The van der Waals surface area contributed by atoms with Gasteiger partial charge in [-0.25, -0.2) is 13.4 Å². The van der Waals surface area contributed by atoms with Crippen molar-refractivity contribution in [2.24, 2.45) is 0 Å². The van der Waals surface area contributed by atoms with Gasteiger partial charge >= 0.3 is 0 Å². The molecule has 0 amide bonds. The van der Waals surface area contributed by atoms with E-state index in [2.05, 4.69) is 16.4 Å². The number of imidazole rings is 1. The van der Waals surface area contributed by atoms with Gasteiger partial charge in [-0.2, -0.15) is 4.31 Å². The quantitative estimate of drug-likeness (QED) is 0.698. The fourth-order valence-electron chi connectivity index (χ4n) is 4.52. The van der Waals surface area contributed by atoms with E-state index in [4.69, 9.17) is 9.72 Å². The standard InChI is InChI=1S/C22H34N4O3S/c1-2-10-26-21-9-8-19(30(27,28)25-13-15-29-16-14-25)17-20(21)23-22(26)18-24-11-6-4-3-5-7-12-24/h8-9,17H,2-7,10-16,18H2,1H3. The van der Waals surface area contributed by atoms with E-state index in [1.807, 2.05) is 6.07 Å². The molecule has 2 fully saturated rings. The number of rotatable bonds is 6. The lowest BCUT2D eigenvalue weighted by molar-refractivity contribution is 0.0730. The van der Waals surface area contributed by atoms with E-state index in [1.165, 1.54) is 36.4 Å². The van der Waals surface area contributed by atoms with E-state index in [0.717, 1.165) is 49.5 Å². The highest BCUT2D eigenvalue weighted by atomic mass is 32.2. The Kier molecular flexibility index (Phi) is 7.08. The van der Waals surface area contributed by atoms with Crippen LogP contribution in [-0.2, 0) is 27.8 Å². The molecule has 4 rings (SSSR count). The van der Waals surface area contributed by atoms with Gasteiger partial charge in [0, 0.05) is 19.6 Å². The number of ether oxygens (including phenoxy) is 1. The average molecular weight is 435 g/mol. The molecule has 0 atom stereocenters. The maximum atomic E-state index is 13.1. The van der Waals surface area contributed by atoms with Crippen LogP contribution in [0.5, 0.6) is 0 Å². The van der Waals surface area contributed by atoms with Gasteiger partial charge in [0.2, 0.25) is 10.0 Å². The Bertz CT molecular complexity index is 943. The Morgan fingerprint density at radius 1 is 1.00 bits per heavy atom. The Balaban J connectivity index is 1.63. The third kappa shape index (κ3) is 4.72. The van der Waals surface area contributed by atoms with E-state index in [-0.39, 0.29) is 0 Å². The van der Waals surface area contributed by atoms with Crippen LogP contribution in [0.15, 0.2) is 23.1 Å². The molecule has 0 unspecified atom stereocenters. The monoisotopic (exact) mass is 434 g/mol. The van der Waals surface area contributed by atoms with E-state index < -0.39 is 10.0 Å². The van der Waals surface area contributed by atoms with Crippen LogP contribution in [0.3, 0.4) is 0 Å². The molecule has 0 radical (unpaired) electrons. The van der Waals surface area contributed by atoms with Crippen molar-refractivity contribution in [2.75, 3.05) is 39.4 Å². The molecule has 166 valence electrons. The minimum atomic E-state index is -3.51. The lowest BCUT2D eigenvalue weighted by atomic mass is 10.1. The molecule has 2 saturated heterocycles. The zero-order valence-corrected chi connectivity index (χ0v) is 18.9. The smallest absolute Gasteiger partial charge is 0.243 e. The van der Waals surface area contributed by atoms with E-state index in [1.54, 1.807) is 12.1 Å². The van der Waals surface area contributed by atoms with Crippen LogP contribution in [0.1, 0.15) is 51.3 Å². The van der Waals surface area contributed by atoms with Gasteiger partial charge in [0.25, 0.3) is 0 Å². The summed E-state index contributed by atoms with van der Waals surface area (Å²) >= 11 is 0. The first-order valence-corrected chi connectivity index (χ1v) is 12.8. The zero-order chi connectivity index (χ0) is 21.0. The van der Waals surface area contributed by atoms with Crippen molar-refractivity contribution < 1.29 is 13.2 Å². The minimum absolute atomic E-state index is 0.329. The summed E-state index contributed by atoms with van der Waals surface area (Å²) in [5.41, 5.74) is 1.81. The van der Waals surface area contributed by atoms with Gasteiger partial charge in [0.1, 0.15) is 5.82 Å². The van der Waals surface area contributed by atoms with Crippen molar-refractivity contribution in [1.29, 1.82) is 0 Å². The summed E-state index contributed by atoms with van der Waals surface area (Å²) in [5, 5.41) is 0. The number of likely N-dealkylation sites (tertiary alicyclic amines) is 1. The second kappa shape index (κ2) is 9.77. The largest absolute Gasteiger partial charge is 0.379 e. The number of morpholine rings is 1. The van der Waals surface area contributed by atoms with E-state index in [9.17, 15) is 8.42 Å². The van der Waals surface area contributed by atoms with Crippen molar-refractivity contribution >= 4 is 21.1 Å². The number of hydrogen-bond acceptors (Lipinski definition) is 5. The average Bonchev–Trinajstić information content (AvgIpc) is 3.07. The predicted octanol–water partition coefficient (Wildman–Crippen LogP) is 3.23. The summed E-state index contributed by atoms with van der Waals surface area (Å²) < 4.78 is 35.2. The molecule has 7 nitrogen and oxygen atoms in total. The lowest BCUT2D eigenvalue weighted by Gasteiger charge is -2.26. The topological polar surface area (TPSA) is 67.7 Å². The van der Waals surface area contributed by atoms with E-state index >= 15 is 0 Å². The van der Waals surface area contributed by atoms with Gasteiger partial charge in [-0.3, -0.25) is 4.90 Å². The van der Waals surface area contributed by atoms with Crippen molar-refractivity contribution in [3.63, 3.8) is 0 Å². The fourth-order valence-corrected chi connectivity index (χ4v) is 5.95. The normalized spacial score (nSPS) is 20.3. The van der Waals surface area contributed by atoms with Crippen LogP contribution in [0.25, 0.3) is 11.0 Å². The number of fused-ring (bicyclic) bond motifs is 1. The SMILES string of the molecule is CCCn1c(CN2CCCCCCC2)nc2cc(S(=O)(=O)N3CCOCC3)ccc21. The number of nitrogens with zero attached hydrogens (tertiary/aromatic N) is 4. The van der Waals surface area contributed by atoms with Gasteiger partial charge in [0.05, 0.1) is 35.7 Å². The maximum absolute atomic E-state index is 13.1. The predicted molar refractivity (Wildman–Crippen MR) is 118 cm³/mol. The lowest BCUT2D eigenvalue weighted by Crippen LogP contribution is -2.40. The first-order valence-electron chi connectivity index (χ1n) is 11.4. The van der Waals surface area contributed by atoms with Crippen LogP contribution in [0.4, 0.5) is 0 Å². The third-order valence-corrected chi connectivity index (χ3v) is 8.06. The molecule has 0 saturated carbocycles. The third-order valence-electron chi connectivity index (χ3n) is 6.17. The zero-order valence-electron chi connectivity index (χ0n) is 18.1. The minimum Gasteiger partial charge on any atom is -0.379 e. The maximum Gasteiger partial charge on any atom is 0.243 e. The number of benzene rings is 1. The summed E-state index contributed by atoms with van der Waals surface area (Å²) in [5.74, 6) is 1.05. The molecule has 3 heterocycles. The molecule has 0 aliphatic carbocycles. The van der Waals surface area contributed by atoms with Gasteiger partial charge in [-0.1, -0.05) is 26.2 Å². The first kappa shape index (κ1) is 21.7. The number of hydrogen-bond donors (Lipinski definition) is 0. The summed E-state index contributed by atoms with van der Waals surface area (Å²) in [6.07, 6.45) is 7.48. The molecule has 30 heavy (non-hydrogen) atoms. The molecule has 1 aromatic carbocycles. The Hall–Kier alpha value is -1.48. The molecule has 2 aliphatic rings. The van der Waals surface area contributed by atoms with Crippen LogP contribution < -0.4 is 0 Å². The molecule has 0 spiro atoms. The highest BCUT2D eigenvalue weighted by molar-refractivity contribution is 7.89. The molecule has 2 aromatic rings. The molecular weight excluding hydrogens is 400 g/mol. The second-order valence-electron chi connectivity index (χ2n) is 8.39. The molecule has 8 heteroatoms. The Morgan fingerprint density at radius 3 is 2.40 bits per heavy atom. The Labute approximate surface area is 180 Å². The second-order valence-corrected chi connectivity index (χ2v) is 10.3. The summed E-state index contributed by atoms with van der Waals surface area (Å²) in [7, 11) is -3.51.